The first-order chi connectivity index (χ1) is 14.6. The zero-order valence-electron chi connectivity index (χ0n) is 17.8. The number of aromatic nitrogens is 2. The van der Waals surface area contributed by atoms with E-state index in [1.54, 1.807) is 42.8 Å². The highest BCUT2D eigenvalue weighted by Crippen LogP contribution is 2.31. The van der Waals surface area contributed by atoms with Crippen molar-refractivity contribution in [2.75, 3.05) is 4.90 Å². The SMILES string of the molecule is Cc1nn(CC(C)C)c(C)c1S(=O)(=O)c1ccc(N2C(=O)c3ccccc3C2=O)cc1. The number of anilines is 1. The fourth-order valence-electron chi connectivity index (χ4n) is 3.91. The molecule has 2 heterocycles. The molecule has 0 N–H and O–H groups in total. The Morgan fingerprint density at radius 2 is 1.45 bits per heavy atom. The van der Waals surface area contributed by atoms with E-state index in [2.05, 4.69) is 5.10 Å². The summed E-state index contributed by atoms with van der Waals surface area (Å²) in [6.45, 7) is 8.15. The topological polar surface area (TPSA) is 89.3 Å². The van der Waals surface area contributed by atoms with Crippen LogP contribution < -0.4 is 4.90 Å². The lowest BCUT2D eigenvalue weighted by Crippen LogP contribution is -2.29. The van der Waals surface area contributed by atoms with Gasteiger partial charge in [-0.2, -0.15) is 5.10 Å². The number of nitrogens with zero attached hydrogens (tertiary/aromatic N) is 3. The third-order valence-corrected chi connectivity index (χ3v) is 7.34. The van der Waals surface area contributed by atoms with E-state index in [4.69, 9.17) is 0 Å². The van der Waals surface area contributed by atoms with Gasteiger partial charge in [0.15, 0.2) is 0 Å². The average molecular weight is 438 g/mol. The monoisotopic (exact) mass is 437 g/mol. The largest absolute Gasteiger partial charge is 0.268 e. The number of rotatable bonds is 5. The molecule has 7 nitrogen and oxygen atoms in total. The van der Waals surface area contributed by atoms with Crippen LogP contribution in [0.1, 0.15) is 46.0 Å². The molecular formula is C23H23N3O4S. The number of amides is 2. The van der Waals surface area contributed by atoms with Gasteiger partial charge in [-0.15, -0.1) is 0 Å². The summed E-state index contributed by atoms with van der Waals surface area (Å²) in [5, 5.41) is 4.41. The van der Waals surface area contributed by atoms with Gasteiger partial charge in [-0.3, -0.25) is 14.3 Å². The molecule has 1 aromatic heterocycles. The van der Waals surface area contributed by atoms with Crippen molar-refractivity contribution in [1.82, 2.24) is 9.78 Å². The maximum absolute atomic E-state index is 13.3. The Hall–Kier alpha value is -3.26. The number of imide groups is 1. The van der Waals surface area contributed by atoms with Crippen molar-refractivity contribution in [2.24, 2.45) is 5.92 Å². The molecule has 2 amide bonds. The van der Waals surface area contributed by atoms with Gasteiger partial charge in [0.2, 0.25) is 9.84 Å². The van der Waals surface area contributed by atoms with Crippen molar-refractivity contribution in [3.05, 3.63) is 71.0 Å². The Morgan fingerprint density at radius 3 is 1.97 bits per heavy atom. The lowest BCUT2D eigenvalue weighted by molar-refractivity contribution is 0.0926. The Balaban J connectivity index is 1.69. The maximum Gasteiger partial charge on any atom is 0.266 e. The number of carbonyl (C=O) groups is 2. The van der Waals surface area contributed by atoms with Gasteiger partial charge < -0.3 is 0 Å². The van der Waals surface area contributed by atoms with Crippen LogP contribution in [0.15, 0.2) is 58.3 Å². The fraction of sp³-hybridized carbons (Fsp3) is 0.261. The highest BCUT2D eigenvalue weighted by Gasteiger charge is 2.36. The van der Waals surface area contributed by atoms with Crippen LogP contribution in [0.25, 0.3) is 0 Å². The Morgan fingerprint density at radius 1 is 0.903 bits per heavy atom. The van der Waals surface area contributed by atoms with Crippen molar-refractivity contribution < 1.29 is 18.0 Å². The summed E-state index contributed by atoms with van der Waals surface area (Å²) in [4.78, 5) is 26.7. The average Bonchev–Trinajstić information content (AvgIpc) is 3.14. The summed E-state index contributed by atoms with van der Waals surface area (Å²) in [6.07, 6.45) is 0. The van der Waals surface area contributed by atoms with Gasteiger partial charge in [0.1, 0.15) is 4.90 Å². The minimum atomic E-state index is -3.81. The molecule has 1 aliphatic rings. The highest BCUT2D eigenvalue weighted by atomic mass is 32.2. The van der Waals surface area contributed by atoms with Gasteiger partial charge in [0, 0.05) is 6.54 Å². The van der Waals surface area contributed by atoms with E-state index in [1.807, 2.05) is 13.8 Å². The molecule has 0 aliphatic carbocycles. The smallest absolute Gasteiger partial charge is 0.266 e. The standard InChI is InChI=1S/C23H23N3O4S/c1-14(2)13-25-16(4)21(15(3)24-25)31(29,30)18-11-9-17(10-12-18)26-22(27)19-7-5-6-8-20(19)23(26)28/h5-12,14H,13H2,1-4H3. The van der Waals surface area contributed by atoms with Crippen molar-refractivity contribution in [1.29, 1.82) is 0 Å². The minimum absolute atomic E-state index is 0.0863. The number of carbonyl (C=O) groups excluding carboxylic acids is 2. The summed E-state index contributed by atoms with van der Waals surface area (Å²) < 4.78 is 28.3. The molecule has 0 saturated carbocycles. The van der Waals surface area contributed by atoms with Crippen LogP contribution in [0.5, 0.6) is 0 Å². The van der Waals surface area contributed by atoms with E-state index in [-0.39, 0.29) is 9.79 Å². The van der Waals surface area contributed by atoms with Crippen molar-refractivity contribution >= 4 is 27.3 Å². The molecule has 0 fully saturated rings. The number of hydrogen-bond acceptors (Lipinski definition) is 5. The number of benzene rings is 2. The van der Waals surface area contributed by atoms with E-state index in [9.17, 15) is 18.0 Å². The fourth-order valence-corrected chi connectivity index (χ4v) is 5.56. The summed E-state index contributed by atoms with van der Waals surface area (Å²) in [5.74, 6) is -0.511. The van der Waals surface area contributed by atoms with E-state index in [0.29, 0.717) is 40.7 Å². The van der Waals surface area contributed by atoms with Gasteiger partial charge in [-0.1, -0.05) is 26.0 Å². The number of sulfone groups is 1. The van der Waals surface area contributed by atoms with Crippen LogP contribution in [-0.4, -0.2) is 30.0 Å². The molecule has 31 heavy (non-hydrogen) atoms. The van der Waals surface area contributed by atoms with Crippen LogP contribution in [-0.2, 0) is 16.4 Å². The van der Waals surface area contributed by atoms with Crippen molar-refractivity contribution in [3.63, 3.8) is 0 Å². The number of fused-ring (bicyclic) bond motifs is 1. The van der Waals surface area contributed by atoms with Crippen LogP contribution in [0.3, 0.4) is 0 Å². The van der Waals surface area contributed by atoms with E-state index < -0.39 is 21.7 Å². The molecule has 0 spiro atoms. The third-order valence-electron chi connectivity index (χ3n) is 5.32. The molecule has 1 aliphatic heterocycles. The van der Waals surface area contributed by atoms with Gasteiger partial charge >= 0.3 is 0 Å². The summed E-state index contributed by atoms with van der Waals surface area (Å²) in [5.41, 5.74) is 2.05. The zero-order chi connectivity index (χ0) is 22.5. The molecule has 4 rings (SSSR count). The van der Waals surface area contributed by atoms with E-state index in [1.165, 1.54) is 24.3 Å². The molecule has 0 atom stereocenters. The molecule has 0 saturated heterocycles. The Kier molecular flexibility index (Phi) is 5.05. The first-order valence-corrected chi connectivity index (χ1v) is 11.5. The predicted molar refractivity (Wildman–Crippen MR) is 116 cm³/mol. The van der Waals surface area contributed by atoms with Gasteiger partial charge in [0.25, 0.3) is 11.8 Å². The number of aryl methyl sites for hydroxylation is 1. The van der Waals surface area contributed by atoms with Gasteiger partial charge in [-0.25, -0.2) is 13.3 Å². The first kappa shape index (κ1) is 21.0. The van der Waals surface area contributed by atoms with Gasteiger partial charge in [-0.05, 0) is 56.2 Å². The van der Waals surface area contributed by atoms with Crippen molar-refractivity contribution in [2.45, 2.75) is 44.0 Å². The molecule has 8 heteroatoms. The summed E-state index contributed by atoms with van der Waals surface area (Å²) in [6, 6.07) is 12.4. The molecule has 3 aromatic rings. The van der Waals surface area contributed by atoms with Crippen LogP contribution in [0, 0.1) is 19.8 Å². The second kappa shape index (κ2) is 7.46. The Labute approximate surface area is 181 Å². The summed E-state index contributed by atoms with van der Waals surface area (Å²) in [7, 11) is -3.81. The molecule has 0 bridgehead atoms. The Bertz CT molecular complexity index is 1270. The predicted octanol–water partition coefficient (Wildman–Crippen LogP) is 3.79. The third kappa shape index (κ3) is 3.37. The number of hydrogen-bond donors (Lipinski definition) is 0. The lowest BCUT2D eigenvalue weighted by Gasteiger charge is -2.14. The second-order valence-electron chi connectivity index (χ2n) is 8.06. The highest BCUT2D eigenvalue weighted by molar-refractivity contribution is 7.91. The molecule has 0 radical (unpaired) electrons. The lowest BCUT2D eigenvalue weighted by atomic mass is 10.1. The maximum atomic E-state index is 13.3. The van der Waals surface area contributed by atoms with E-state index in [0.717, 1.165) is 4.90 Å². The minimum Gasteiger partial charge on any atom is -0.268 e. The van der Waals surface area contributed by atoms with Crippen molar-refractivity contribution in [3.8, 4) is 0 Å². The van der Waals surface area contributed by atoms with Crippen LogP contribution in [0.2, 0.25) is 0 Å². The quantitative estimate of drug-likeness (QED) is 0.567. The van der Waals surface area contributed by atoms with Crippen LogP contribution >= 0.6 is 0 Å². The zero-order valence-corrected chi connectivity index (χ0v) is 18.6. The molecule has 2 aromatic carbocycles. The molecule has 160 valence electrons. The summed E-state index contributed by atoms with van der Waals surface area (Å²) >= 11 is 0. The first-order valence-electron chi connectivity index (χ1n) is 10.00. The van der Waals surface area contributed by atoms with Crippen LogP contribution in [0.4, 0.5) is 5.69 Å². The van der Waals surface area contributed by atoms with Gasteiger partial charge in [0.05, 0.1) is 33.1 Å². The molecule has 0 unspecified atom stereocenters. The second-order valence-corrected chi connectivity index (χ2v) is 9.95. The normalized spacial score (nSPS) is 13.9. The molecular weight excluding hydrogens is 414 g/mol. The van der Waals surface area contributed by atoms with E-state index >= 15 is 0 Å².